The summed E-state index contributed by atoms with van der Waals surface area (Å²) in [7, 11) is 0. The topological polar surface area (TPSA) is 72.5 Å². The van der Waals surface area contributed by atoms with E-state index in [2.05, 4.69) is 0 Å². The lowest BCUT2D eigenvalue weighted by Crippen LogP contribution is -2.33. The van der Waals surface area contributed by atoms with Crippen molar-refractivity contribution >= 4 is 5.97 Å². The SMILES string of the molecule is CC(C)C(N)COc1cc(F)ccc1CC(=O)O. The number of hydrogen-bond donors (Lipinski definition) is 2. The maximum Gasteiger partial charge on any atom is 0.307 e. The summed E-state index contributed by atoms with van der Waals surface area (Å²) in [4.78, 5) is 10.7. The molecule has 4 nitrogen and oxygen atoms in total. The Kier molecular flexibility index (Phi) is 5.09. The van der Waals surface area contributed by atoms with Crippen LogP contribution in [0.25, 0.3) is 0 Å². The first-order valence-electron chi connectivity index (χ1n) is 5.78. The van der Waals surface area contributed by atoms with Crippen molar-refractivity contribution in [1.29, 1.82) is 0 Å². The first kappa shape index (κ1) is 14.4. The normalized spacial score (nSPS) is 12.5. The Labute approximate surface area is 106 Å². The summed E-state index contributed by atoms with van der Waals surface area (Å²) in [5, 5.41) is 8.75. The summed E-state index contributed by atoms with van der Waals surface area (Å²) in [6.45, 7) is 4.14. The number of halogens is 1. The zero-order valence-electron chi connectivity index (χ0n) is 10.5. The smallest absolute Gasteiger partial charge is 0.307 e. The second kappa shape index (κ2) is 6.35. The van der Waals surface area contributed by atoms with E-state index in [4.69, 9.17) is 15.6 Å². The van der Waals surface area contributed by atoms with Gasteiger partial charge >= 0.3 is 5.97 Å². The van der Waals surface area contributed by atoms with Crippen LogP contribution in [0.5, 0.6) is 5.75 Å². The molecule has 0 spiro atoms. The number of hydrogen-bond acceptors (Lipinski definition) is 3. The zero-order valence-corrected chi connectivity index (χ0v) is 10.5. The predicted octanol–water partition coefficient (Wildman–Crippen LogP) is 1.81. The summed E-state index contributed by atoms with van der Waals surface area (Å²) in [5.74, 6) is -0.966. The summed E-state index contributed by atoms with van der Waals surface area (Å²) in [6, 6.07) is 3.64. The molecule has 0 aliphatic heterocycles. The lowest BCUT2D eigenvalue weighted by molar-refractivity contribution is -0.136. The molecule has 0 amide bonds. The number of benzene rings is 1. The van der Waals surface area contributed by atoms with E-state index in [1.165, 1.54) is 18.2 Å². The number of ether oxygens (including phenoxy) is 1. The molecule has 1 rings (SSSR count). The average molecular weight is 255 g/mol. The van der Waals surface area contributed by atoms with E-state index in [9.17, 15) is 9.18 Å². The van der Waals surface area contributed by atoms with E-state index in [0.29, 0.717) is 5.56 Å². The van der Waals surface area contributed by atoms with Crippen molar-refractivity contribution in [2.24, 2.45) is 11.7 Å². The van der Waals surface area contributed by atoms with Crippen LogP contribution >= 0.6 is 0 Å². The van der Waals surface area contributed by atoms with Gasteiger partial charge in [0, 0.05) is 17.7 Å². The van der Waals surface area contributed by atoms with Crippen LogP contribution in [0.3, 0.4) is 0 Å². The molecule has 18 heavy (non-hydrogen) atoms. The van der Waals surface area contributed by atoms with Crippen molar-refractivity contribution in [1.82, 2.24) is 0 Å². The van der Waals surface area contributed by atoms with Gasteiger partial charge in [-0.05, 0) is 12.0 Å². The molecule has 1 unspecified atom stereocenters. The van der Waals surface area contributed by atoms with E-state index < -0.39 is 11.8 Å². The van der Waals surface area contributed by atoms with Crippen molar-refractivity contribution in [3.8, 4) is 5.75 Å². The molecule has 1 aromatic carbocycles. The van der Waals surface area contributed by atoms with Gasteiger partial charge in [-0.2, -0.15) is 0 Å². The lowest BCUT2D eigenvalue weighted by atomic mass is 10.1. The fourth-order valence-electron chi connectivity index (χ4n) is 1.35. The maximum absolute atomic E-state index is 13.1. The molecule has 0 heterocycles. The standard InChI is InChI=1S/C13H18FNO3/c1-8(2)11(15)7-18-12-6-10(14)4-3-9(12)5-13(16)17/h3-4,6,8,11H,5,7,15H2,1-2H3,(H,16,17). The van der Waals surface area contributed by atoms with Crippen molar-refractivity contribution in [2.45, 2.75) is 26.3 Å². The predicted molar refractivity (Wildman–Crippen MR) is 66.0 cm³/mol. The number of carboxylic acid groups (broad SMARTS) is 1. The van der Waals surface area contributed by atoms with Gasteiger partial charge in [0.1, 0.15) is 18.2 Å². The molecule has 100 valence electrons. The van der Waals surface area contributed by atoms with E-state index in [0.717, 1.165) is 0 Å². The Bertz CT molecular complexity index is 421. The van der Waals surface area contributed by atoms with Crippen LogP contribution in [0.2, 0.25) is 0 Å². The molecule has 3 N–H and O–H groups in total. The quantitative estimate of drug-likeness (QED) is 0.813. The Morgan fingerprint density at radius 2 is 2.17 bits per heavy atom. The molecule has 1 aromatic rings. The molecular formula is C13H18FNO3. The molecule has 5 heteroatoms. The van der Waals surface area contributed by atoms with E-state index in [1.54, 1.807) is 0 Å². The van der Waals surface area contributed by atoms with Gasteiger partial charge in [-0.3, -0.25) is 4.79 Å². The molecule has 0 aliphatic carbocycles. The van der Waals surface area contributed by atoms with Crippen molar-refractivity contribution in [2.75, 3.05) is 6.61 Å². The third-order valence-electron chi connectivity index (χ3n) is 2.66. The Morgan fingerprint density at radius 1 is 1.50 bits per heavy atom. The molecule has 0 fully saturated rings. The van der Waals surface area contributed by atoms with Crippen LogP contribution < -0.4 is 10.5 Å². The van der Waals surface area contributed by atoms with E-state index in [-0.39, 0.29) is 30.7 Å². The molecule has 0 bridgehead atoms. The number of aliphatic carboxylic acids is 1. The highest BCUT2D eigenvalue weighted by Gasteiger charge is 2.12. The lowest BCUT2D eigenvalue weighted by Gasteiger charge is -2.17. The van der Waals surface area contributed by atoms with E-state index >= 15 is 0 Å². The van der Waals surface area contributed by atoms with Gasteiger partial charge < -0.3 is 15.6 Å². The maximum atomic E-state index is 13.1. The first-order valence-corrected chi connectivity index (χ1v) is 5.78. The van der Waals surface area contributed by atoms with Crippen LogP contribution in [-0.2, 0) is 11.2 Å². The van der Waals surface area contributed by atoms with Crippen LogP contribution in [0, 0.1) is 11.7 Å². The molecule has 0 aliphatic rings. The third-order valence-corrected chi connectivity index (χ3v) is 2.66. The number of rotatable bonds is 6. The summed E-state index contributed by atoms with van der Waals surface area (Å²) in [6.07, 6.45) is -0.202. The minimum absolute atomic E-state index is 0.175. The summed E-state index contributed by atoms with van der Waals surface area (Å²) in [5.41, 5.74) is 6.26. The van der Waals surface area contributed by atoms with Gasteiger partial charge in [0.15, 0.2) is 0 Å². The molecular weight excluding hydrogens is 237 g/mol. The average Bonchev–Trinajstić information content (AvgIpc) is 2.28. The van der Waals surface area contributed by atoms with Gasteiger partial charge in [0.2, 0.25) is 0 Å². The number of carbonyl (C=O) groups is 1. The van der Waals surface area contributed by atoms with Gasteiger partial charge in [-0.15, -0.1) is 0 Å². The fourth-order valence-corrected chi connectivity index (χ4v) is 1.35. The number of carboxylic acids is 1. The highest BCUT2D eigenvalue weighted by Crippen LogP contribution is 2.21. The number of nitrogens with two attached hydrogens (primary N) is 1. The van der Waals surface area contributed by atoms with Crippen LogP contribution in [-0.4, -0.2) is 23.7 Å². The Hall–Kier alpha value is -1.62. The van der Waals surface area contributed by atoms with Gasteiger partial charge in [-0.25, -0.2) is 4.39 Å². The monoisotopic (exact) mass is 255 g/mol. The van der Waals surface area contributed by atoms with Crippen molar-refractivity contribution in [3.63, 3.8) is 0 Å². The molecule has 0 aromatic heterocycles. The minimum Gasteiger partial charge on any atom is -0.492 e. The molecule has 0 saturated heterocycles. The zero-order chi connectivity index (χ0) is 13.7. The van der Waals surface area contributed by atoms with Gasteiger partial charge in [0.05, 0.1) is 6.42 Å². The highest BCUT2D eigenvalue weighted by atomic mass is 19.1. The largest absolute Gasteiger partial charge is 0.492 e. The van der Waals surface area contributed by atoms with Crippen LogP contribution in [0.4, 0.5) is 4.39 Å². The first-order chi connectivity index (χ1) is 8.40. The molecule has 0 radical (unpaired) electrons. The minimum atomic E-state index is -0.986. The fraction of sp³-hybridized carbons (Fsp3) is 0.462. The Balaban J connectivity index is 2.78. The third kappa shape index (κ3) is 4.33. The second-order valence-electron chi connectivity index (χ2n) is 4.54. The van der Waals surface area contributed by atoms with Crippen molar-refractivity contribution < 1.29 is 19.0 Å². The van der Waals surface area contributed by atoms with E-state index in [1.807, 2.05) is 13.8 Å². The molecule has 1 atom stereocenters. The van der Waals surface area contributed by atoms with Crippen molar-refractivity contribution in [3.05, 3.63) is 29.6 Å². The highest BCUT2D eigenvalue weighted by molar-refractivity contribution is 5.71. The van der Waals surface area contributed by atoms with Crippen LogP contribution in [0.15, 0.2) is 18.2 Å². The summed E-state index contributed by atoms with van der Waals surface area (Å²) >= 11 is 0. The van der Waals surface area contributed by atoms with Crippen LogP contribution in [0.1, 0.15) is 19.4 Å². The van der Waals surface area contributed by atoms with Gasteiger partial charge in [-0.1, -0.05) is 19.9 Å². The van der Waals surface area contributed by atoms with Gasteiger partial charge in [0.25, 0.3) is 0 Å². The second-order valence-corrected chi connectivity index (χ2v) is 4.54. The Morgan fingerprint density at radius 3 is 2.72 bits per heavy atom. The molecule has 0 saturated carbocycles. The summed E-state index contributed by atoms with van der Waals surface area (Å²) < 4.78 is 18.5.